The highest BCUT2D eigenvalue weighted by molar-refractivity contribution is 8.24. The second kappa shape index (κ2) is 11.2. The number of amides is 1. The van der Waals surface area contributed by atoms with E-state index < -0.39 is 16.0 Å². The van der Waals surface area contributed by atoms with Crippen LogP contribution in [0.1, 0.15) is 67.5 Å². The zero-order valence-corrected chi connectivity index (χ0v) is 27.8. The Balaban J connectivity index is 1.13. The number of piperazine rings is 1. The first-order valence-electron chi connectivity index (χ1n) is 16.2. The Bertz CT molecular complexity index is 1480. The van der Waals surface area contributed by atoms with Crippen molar-refractivity contribution in [2.45, 2.75) is 89.8 Å². The maximum atomic E-state index is 14.0. The van der Waals surface area contributed by atoms with Crippen LogP contribution in [0.5, 0.6) is 0 Å². The molecule has 0 saturated carbocycles. The number of aromatic nitrogens is 1. The lowest BCUT2D eigenvalue weighted by Gasteiger charge is -2.38. The zero-order chi connectivity index (χ0) is 30.1. The van der Waals surface area contributed by atoms with E-state index in [2.05, 4.69) is 71.6 Å². The number of thiophene rings is 1. The highest BCUT2D eigenvalue weighted by atomic mass is 32.3. The lowest BCUT2D eigenvalue weighted by molar-refractivity contribution is -0.137. The van der Waals surface area contributed by atoms with Gasteiger partial charge in [-0.3, -0.25) is 18.8 Å². The van der Waals surface area contributed by atoms with Gasteiger partial charge in [-0.25, -0.2) is 0 Å². The van der Waals surface area contributed by atoms with Gasteiger partial charge in [0.2, 0.25) is 5.91 Å². The van der Waals surface area contributed by atoms with E-state index in [4.69, 9.17) is 0 Å². The number of carbonyl (C=O) groups excluding carboxylic acids is 1. The van der Waals surface area contributed by atoms with Crippen LogP contribution in [0.4, 0.5) is 0 Å². The molecule has 2 bridgehead atoms. The predicted molar refractivity (Wildman–Crippen MR) is 180 cm³/mol. The van der Waals surface area contributed by atoms with E-state index in [9.17, 15) is 13.9 Å². The number of rotatable bonds is 7. The number of hydrogen-bond donors (Lipinski definition) is 3. The average Bonchev–Trinajstić information content (AvgIpc) is 3.78. The molecular weight excluding hydrogens is 577 g/mol. The molecule has 1 amide bonds. The van der Waals surface area contributed by atoms with Crippen LogP contribution in [0, 0.1) is 13.8 Å². The standard InChI is InChI=1S/C34H48N4O3S2/c1-22-17-23(2)19-24(18-22)31-28(9-11-36-12-14-37(15-13-36)27-10-16-43(40,41)21-27)29-20-30(42-32(29)35-31)34(3,4)33(39)38-25-5-6-26(38)8-7-25/h17-20,25-27,35,40-41H,5-16,21H2,1-4H3. The average molecular weight is 625 g/mol. The number of aryl methyl sites for hydroxylation is 2. The minimum absolute atomic E-state index is 0.304. The summed E-state index contributed by atoms with van der Waals surface area (Å²) in [6.45, 7) is 13.6. The molecule has 2 aromatic heterocycles. The molecular formula is C34H48N4O3S2. The van der Waals surface area contributed by atoms with Gasteiger partial charge < -0.3 is 14.8 Å². The van der Waals surface area contributed by atoms with Gasteiger partial charge in [0.05, 0.1) is 16.9 Å². The monoisotopic (exact) mass is 624 g/mol. The number of fused-ring (bicyclic) bond motifs is 3. The van der Waals surface area contributed by atoms with E-state index in [1.807, 2.05) is 0 Å². The molecule has 1 aromatic carbocycles. The van der Waals surface area contributed by atoms with Crippen LogP contribution in [-0.2, 0) is 16.6 Å². The number of carbonyl (C=O) groups is 1. The minimum Gasteiger partial charge on any atom is -0.346 e. The summed E-state index contributed by atoms with van der Waals surface area (Å²) in [5.41, 5.74) is 5.82. The molecule has 4 fully saturated rings. The van der Waals surface area contributed by atoms with Crippen molar-refractivity contribution in [2.75, 3.05) is 44.2 Å². The van der Waals surface area contributed by atoms with Gasteiger partial charge in [0.25, 0.3) is 0 Å². The quantitative estimate of drug-likeness (QED) is 0.275. The third-order valence-electron chi connectivity index (χ3n) is 10.8. The number of benzene rings is 1. The summed E-state index contributed by atoms with van der Waals surface area (Å²) < 4.78 is 20.2. The summed E-state index contributed by atoms with van der Waals surface area (Å²) in [6.07, 6.45) is 6.53. The molecule has 4 saturated heterocycles. The lowest BCUT2D eigenvalue weighted by atomic mass is 9.88. The molecule has 1 unspecified atom stereocenters. The largest absolute Gasteiger partial charge is 0.346 e. The molecule has 0 radical (unpaired) electrons. The van der Waals surface area contributed by atoms with Crippen LogP contribution in [0.25, 0.3) is 21.5 Å². The Morgan fingerprint density at radius 2 is 1.60 bits per heavy atom. The van der Waals surface area contributed by atoms with Gasteiger partial charge in [0.1, 0.15) is 4.83 Å². The molecule has 0 aliphatic carbocycles. The molecule has 43 heavy (non-hydrogen) atoms. The van der Waals surface area contributed by atoms with E-state index in [0.29, 0.717) is 35.5 Å². The second-order valence-electron chi connectivity index (χ2n) is 14.3. The number of H-pyrrole nitrogens is 1. The fourth-order valence-electron chi connectivity index (χ4n) is 8.35. The zero-order valence-electron chi connectivity index (χ0n) is 26.2. The van der Waals surface area contributed by atoms with Gasteiger partial charge in [0, 0.05) is 66.9 Å². The summed E-state index contributed by atoms with van der Waals surface area (Å²) in [5, 5.41) is 1.27. The Labute approximate surface area is 262 Å². The third-order valence-corrected chi connectivity index (χ3v) is 14.0. The molecule has 9 heteroatoms. The summed E-state index contributed by atoms with van der Waals surface area (Å²) in [4.78, 5) is 27.4. The van der Waals surface area contributed by atoms with Crippen LogP contribution in [-0.4, -0.2) is 97.1 Å². The maximum absolute atomic E-state index is 14.0. The molecule has 7 nitrogen and oxygen atoms in total. The van der Waals surface area contributed by atoms with Gasteiger partial charge in [-0.1, -0.05) is 17.2 Å². The van der Waals surface area contributed by atoms with Gasteiger partial charge in [-0.05, 0) is 95.5 Å². The molecule has 3 N–H and O–H groups in total. The third kappa shape index (κ3) is 5.59. The first kappa shape index (κ1) is 29.8. The van der Waals surface area contributed by atoms with Crippen LogP contribution in [0.15, 0.2) is 24.3 Å². The van der Waals surface area contributed by atoms with Crippen molar-refractivity contribution in [1.82, 2.24) is 19.7 Å². The van der Waals surface area contributed by atoms with Crippen molar-refractivity contribution < 1.29 is 13.9 Å². The van der Waals surface area contributed by atoms with Gasteiger partial charge >= 0.3 is 0 Å². The van der Waals surface area contributed by atoms with Crippen molar-refractivity contribution in [3.05, 3.63) is 45.8 Å². The van der Waals surface area contributed by atoms with E-state index in [1.54, 1.807) is 11.3 Å². The van der Waals surface area contributed by atoms with Crippen molar-refractivity contribution in [3.63, 3.8) is 0 Å². The van der Waals surface area contributed by atoms with Crippen LogP contribution < -0.4 is 0 Å². The summed E-state index contributed by atoms with van der Waals surface area (Å²) >= 11 is 1.77. The van der Waals surface area contributed by atoms with Crippen molar-refractivity contribution >= 4 is 38.1 Å². The number of nitrogens with one attached hydrogen (secondary N) is 1. The fourth-order valence-corrected chi connectivity index (χ4v) is 11.3. The number of nitrogens with zero attached hydrogens (tertiary/aromatic N) is 3. The van der Waals surface area contributed by atoms with Crippen LogP contribution >= 0.6 is 21.9 Å². The maximum Gasteiger partial charge on any atom is 0.233 e. The molecule has 6 heterocycles. The van der Waals surface area contributed by atoms with Crippen molar-refractivity contribution in [3.8, 4) is 11.3 Å². The first-order chi connectivity index (χ1) is 20.5. The highest BCUT2D eigenvalue weighted by Gasteiger charge is 2.47. The smallest absolute Gasteiger partial charge is 0.233 e. The van der Waals surface area contributed by atoms with Gasteiger partial charge in [-0.15, -0.1) is 11.3 Å². The number of aromatic amines is 1. The Morgan fingerprint density at radius 1 is 0.953 bits per heavy atom. The molecule has 3 aromatic rings. The molecule has 4 aliphatic rings. The van der Waals surface area contributed by atoms with E-state index in [1.165, 1.54) is 63.8 Å². The van der Waals surface area contributed by atoms with Crippen molar-refractivity contribution in [2.24, 2.45) is 0 Å². The molecule has 234 valence electrons. The van der Waals surface area contributed by atoms with Crippen LogP contribution in [0.3, 0.4) is 0 Å². The summed E-state index contributed by atoms with van der Waals surface area (Å²) in [5.74, 6) is 1.41. The molecule has 7 rings (SSSR count). The number of hydrogen-bond acceptors (Lipinski definition) is 6. The Hall–Kier alpha value is -1.88. The Kier molecular flexibility index (Phi) is 7.75. The summed E-state index contributed by atoms with van der Waals surface area (Å²) in [6, 6.07) is 10.3. The van der Waals surface area contributed by atoms with E-state index in [0.717, 1.165) is 50.4 Å². The lowest BCUT2D eigenvalue weighted by Crippen LogP contribution is -2.50. The molecule has 1 atom stereocenters. The first-order valence-corrected chi connectivity index (χ1v) is 18.9. The van der Waals surface area contributed by atoms with E-state index >= 15 is 0 Å². The van der Waals surface area contributed by atoms with Gasteiger partial charge in [-0.2, -0.15) is 10.6 Å². The minimum atomic E-state index is -2.36. The Morgan fingerprint density at radius 3 is 2.21 bits per heavy atom. The highest BCUT2D eigenvalue weighted by Crippen LogP contribution is 2.47. The fraction of sp³-hybridized carbons (Fsp3) is 0.618. The van der Waals surface area contributed by atoms with Crippen molar-refractivity contribution in [1.29, 1.82) is 0 Å². The second-order valence-corrected chi connectivity index (χ2v) is 17.6. The topological polar surface area (TPSA) is 83.0 Å². The molecule has 0 spiro atoms. The molecule has 4 aliphatic heterocycles. The predicted octanol–water partition coefficient (Wildman–Crippen LogP) is 6.63. The van der Waals surface area contributed by atoms with Crippen LogP contribution in [0.2, 0.25) is 0 Å². The summed E-state index contributed by atoms with van der Waals surface area (Å²) in [7, 11) is -2.36. The SMILES string of the molecule is Cc1cc(C)cc(-c2[nH]c3sc(C(C)(C)C(=O)N4C5CCC4CC5)cc3c2CCN2CCN(C3CCS(O)(O)C3)CC2)c1. The van der Waals surface area contributed by atoms with Gasteiger partial charge in [0.15, 0.2) is 0 Å². The normalized spacial score (nSPS) is 27.0. The van der Waals surface area contributed by atoms with E-state index in [-0.39, 0.29) is 0 Å².